The number of rotatable bonds is 2. The fraction of sp³-hybridized carbons (Fsp3) is 0.533. The molecule has 0 amide bonds. The van der Waals surface area contributed by atoms with Crippen molar-refractivity contribution in [2.24, 2.45) is 0 Å². The molecule has 1 rings (SSSR count). The van der Waals surface area contributed by atoms with E-state index in [1.165, 1.54) is 7.11 Å². The molecule has 0 aliphatic carbocycles. The monoisotopic (exact) mass is 238 g/mol. The molecular weight excluding hydrogens is 212 g/mol. The van der Waals surface area contributed by atoms with E-state index in [2.05, 4.69) is 18.6 Å². The Bertz CT molecular complexity index is 304. The maximum Gasteiger partial charge on any atom is 0.338 e. The summed E-state index contributed by atoms with van der Waals surface area (Å²) in [5.41, 5.74) is 1.70. The maximum absolute atomic E-state index is 11.3. The Morgan fingerprint density at radius 1 is 1.06 bits per heavy atom. The van der Waals surface area contributed by atoms with Crippen LogP contribution in [0.4, 0.5) is 0 Å². The van der Waals surface area contributed by atoms with Gasteiger partial charge in [-0.2, -0.15) is 0 Å². The molecule has 0 aliphatic heterocycles. The van der Waals surface area contributed by atoms with Crippen molar-refractivity contribution in [2.45, 2.75) is 47.5 Å². The molecular formula is C15H26O2. The van der Waals surface area contributed by atoms with Crippen LogP contribution < -0.4 is 0 Å². The smallest absolute Gasteiger partial charge is 0.338 e. The Balaban J connectivity index is 0. The van der Waals surface area contributed by atoms with E-state index in [1.807, 2.05) is 45.9 Å². The number of hydrogen-bond acceptors (Lipinski definition) is 2. The first-order chi connectivity index (χ1) is 8.16. The Labute approximate surface area is 106 Å². The summed E-state index contributed by atoms with van der Waals surface area (Å²) in [4.78, 5) is 11.3. The lowest BCUT2D eigenvalue weighted by Gasteiger charge is -2.09. The first kappa shape index (κ1) is 18.1. The van der Waals surface area contributed by atoms with Gasteiger partial charge in [0.15, 0.2) is 0 Å². The Kier molecular flexibility index (Phi) is 11.9. The van der Waals surface area contributed by atoms with Crippen molar-refractivity contribution in [1.82, 2.24) is 0 Å². The molecule has 0 heterocycles. The normalized spacial score (nSPS) is 8.47. The van der Waals surface area contributed by atoms with Gasteiger partial charge in [0.2, 0.25) is 0 Å². The highest BCUT2D eigenvalue weighted by Crippen LogP contribution is 2.19. The van der Waals surface area contributed by atoms with Crippen LogP contribution >= 0.6 is 0 Å². The van der Waals surface area contributed by atoms with Gasteiger partial charge in [0, 0.05) is 0 Å². The van der Waals surface area contributed by atoms with Crippen molar-refractivity contribution < 1.29 is 9.53 Å². The molecule has 1 aromatic carbocycles. The molecule has 0 saturated carbocycles. The molecule has 98 valence electrons. The molecule has 2 nitrogen and oxygen atoms in total. The van der Waals surface area contributed by atoms with Gasteiger partial charge >= 0.3 is 5.97 Å². The number of carbonyl (C=O) groups excluding carboxylic acids is 1. The summed E-state index contributed by atoms with van der Waals surface area (Å²) >= 11 is 0. The molecule has 0 unspecified atom stereocenters. The van der Waals surface area contributed by atoms with Crippen LogP contribution in [-0.2, 0) is 4.74 Å². The summed E-state index contributed by atoms with van der Waals surface area (Å²) in [5.74, 6) is 0.0830. The second kappa shape index (κ2) is 11.2. The third-order valence-corrected chi connectivity index (χ3v) is 1.99. The lowest BCUT2D eigenvalue weighted by Crippen LogP contribution is -2.06. The van der Waals surface area contributed by atoms with E-state index < -0.39 is 0 Å². The highest BCUT2D eigenvalue weighted by atomic mass is 16.5. The number of esters is 1. The van der Waals surface area contributed by atoms with Crippen LogP contribution in [0.15, 0.2) is 24.3 Å². The molecule has 0 aliphatic rings. The van der Waals surface area contributed by atoms with Gasteiger partial charge in [0.05, 0.1) is 12.7 Å². The molecule has 0 aromatic heterocycles. The third-order valence-electron chi connectivity index (χ3n) is 1.99. The molecule has 0 fully saturated rings. The number of ether oxygens (including phenoxy) is 1. The van der Waals surface area contributed by atoms with Gasteiger partial charge in [-0.3, -0.25) is 0 Å². The molecule has 0 spiro atoms. The van der Waals surface area contributed by atoms with Crippen LogP contribution in [-0.4, -0.2) is 13.1 Å². The SMILES string of the molecule is CC.CC.COC(=O)c1ccccc1C(C)C. The lowest BCUT2D eigenvalue weighted by atomic mass is 9.97. The third kappa shape index (κ3) is 6.10. The summed E-state index contributed by atoms with van der Waals surface area (Å²) < 4.78 is 4.69. The van der Waals surface area contributed by atoms with Crippen molar-refractivity contribution in [2.75, 3.05) is 7.11 Å². The van der Waals surface area contributed by atoms with Crippen LogP contribution in [0.5, 0.6) is 0 Å². The standard InChI is InChI=1S/C11H14O2.2C2H6/c1-8(2)9-6-4-5-7-10(9)11(12)13-3;2*1-2/h4-8H,1-3H3;2*1-2H3. The first-order valence-electron chi connectivity index (χ1n) is 6.34. The Morgan fingerprint density at radius 2 is 1.53 bits per heavy atom. The molecule has 0 radical (unpaired) electrons. The van der Waals surface area contributed by atoms with Gasteiger partial charge in [-0.25, -0.2) is 4.79 Å². The molecule has 0 bridgehead atoms. The summed E-state index contributed by atoms with van der Waals surface area (Å²) in [6, 6.07) is 7.53. The minimum absolute atomic E-state index is 0.260. The highest BCUT2D eigenvalue weighted by Gasteiger charge is 2.12. The van der Waals surface area contributed by atoms with Crippen molar-refractivity contribution >= 4 is 5.97 Å². The lowest BCUT2D eigenvalue weighted by molar-refractivity contribution is 0.0599. The molecule has 1 aromatic rings. The van der Waals surface area contributed by atoms with Gasteiger partial charge in [0.1, 0.15) is 0 Å². The second-order valence-electron chi connectivity index (χ2n) is 3.23. The maximum atomic E-state index is 11.3. The van der Waals surface area contributed by atoms with Gasteiger partial charge in [-0.05, 0) is 17.5 Å². The second-order valence-corrected chi connectivity index (χ2v) is 3.23. The van der Waals surface area contributed by atoms with E-state index in [4.69, 9.17) is 0 Å². The zero-order valence-corrected chi connectivity index (χ0v) is 12.2. The highest BCUT2D eigenvalue weighted by molar-refractivity contribution is 5.91. The van der Waals surface area contributed by atoms with E-state index in [9.17, 15) is 4.79 Å². The predicted octanol–water partition coefficient (Wildman–Crippen LogP) is 4.65. The van der Waals surface area contributed by atoms with Crippen molar-refractivity contribution in [3.05, 3.63) is 35.4 Å². The van der Waals surface area contributed by atoms with Crippen molar-refractivity contribution in [3.63, 3.8) is 0 Å². The quantitative estimate of drug-likeness (QED) is 0.701. The van der Waals surface area contributed by atoms with Crippen LogP contribution in [0.2, 0.25) is 0 Å². The fourth-order valence-corrected chi connectivity index (χ4v) is 1.30. The molecule has 0 N–H and O–H groups in total. The summed E-state index contributed by atoms with van der Waals surface area (Å²) in [6.45, 7) is 12.1. The molecule has 0 atom stereocenters. The first-order valence-corrected chi connectivity index (χ1v) is 6.34. The van der Waals surface area contributed by atoms with E-state index in [-0.39, 0.29) is 5.97 Å². The molecule has 2 heteroatoms. The van der Waals surface area contributed by atoms with Crippen LogP contribution in [0, 0.1) is 0 Å². The number of carbonyl (C=O) groups is 1. The minimum Gasteiger partial charge on any atom is -0.465 e. The van der Waals surface area contributed by atoms with Gasteiger partial charge < -0.3 is 4.74 Å². The van der Waals surface area contributed by atoms with E-state index >= 15 is 0 Å². The summed E-state index contributed by atoms with van der Waals surface area (Å²) in [6.07, 6.45) is 0. The Hall–Kier alpha value is -1.31. The van der Waals surface area contributed by atoms with Crippen molar-refractivity contribution in [3.8, 4) is 0 Å². The summed E-state index contributed by atoms with van der Waals surface area (Å²) in [7, 11) is 1.40. The average Bonchev–Trinajstić information content (AvgIpc) is 2.42. The average molecular weight is 238 g/mol. The van der Waals surface area contributed by atoms with Crippen LogP contribution in [0.3, 0.4) is 0 Å². The molecule has 0 saturated heterocycles. The Morgan fingerprint density at radius 3 is 1.94 bits per heavy atom. The summed E-state index contributed by atoms with van der Waals surface area (Å²) in [5, 5.41) is 0. The van der Waals surface area contributed by atoms with Crippen molar-refractivity contribution in [1.29, 1.82) is 0 Å². The minimum atomic E-state index is -0.260. The van der Waals surface area contributed by atoms with E-state index in [0.717, 1.165) is 5.56 Å². The fourth-order valence-electron chi connectivity index (χ4n) is 1.30. The van der Waals surface area contributed by atoms with Gasteiger partial charge in [0.25, 0.3) is 0 Å². The zero-order chi connectivity index (χ0) is 13.8. The van der Waals surface area contributed by atoms with Crippen LogP contribution in [0.1, 0.15) is 63.4 Å². The van der Waals surface area contributed by atoms with Gasteiger partial charge in [-0.1, -0.05) is 59.7 Å². The largest absolute Gasteiger partial charge is 0.465 e. The number of hydrogen-bond donors (Lipinski definition) is 0. The topological polar surface area (TPSA) is 26.3 Å². The number of benzene rings is 1. The molecule has 17 heavy (non-hydrogen) atoms. The van der Waals surface area contributed by atoms with E-state index in [1.54, 1.807) is 6.07 Å². The predicted molar refractivity (Wildman–Crippen MR) is 74.6 cm³/mol. The zero-order valence-electron chi connectivity index (χ0n) is 12.2. The number of methoxy groups -OCH3 is 1. The van der Waals surface area contributed by atoms with Gasteiger partial charge in [-0.15, -0.1) is 0 Å². The van der Waals surface area contributed by atoms with E-state index in [0.29, 0.717) is 11.5 Å². The van der Waals surface area contributed by atoms with Crippen LogP contribution in [0.25, 0.3) is 0 Å².